The molecule has 148 valence electrons. The Labute approximate surface area is 169 Å². The quantitative estimate of drug-likeness (QED) is 0.512. The van der Waals surface area contributed by atoms with Crippen molar-refractivity contribution in [1.82, 2.24) is 25.1 Å². The van der Waals surface area contributed by atoms with Gasteiger partial charge in [-0.2, -0.15) is 5.10 Å². The van der Waals surface area contributed by atoms with Crippen LogP contribution in [0.3, 0.4) is 0 Å². The molecule has 6 rings (SSSR count). The molecule has 2 fully saturated rings. The van der Waals surface area contributed by atoms with Crippen LogP contribution in [0.5, 0.6) is 5.75 Å². The summed E-state index contributed by atoms with van der Waals surface area (Å²) >= 11 is 0. The molecule has 0 bridgehead atoms. The highest BCUT2D eigenvalue weighted by atomic mass is 16.3. The molecule has 2 N–H and O–H groups in total. The summed E-state index contributed by atoms with van der Waals surface area (Å²) < 4.78 is 1.73. The first-order valence-electron chi connectivity index (χ1n) is 10.3. The number of aryl methyl sites for hydroxylation is 1. The maximum absolute atomic E-state index is 10.2. The van der Waals surface area contributed by atoms with E-state index in [9.17, 15) is 5.11 Å². The number of phenols is 1. The van der Waals surface area contributed by atoms with Gasteiger partial charge in [0.15, 0.2) is 0 Å². The van der Waals surface area contributed by atoms with Crippen molar-refractivity contribution in [2.24, 2.45) is 7.05 Å². The number of piperidine rings is 1. The Hall–Kier alpha value is -2.99. The topological polar surface area (TPSA) is 75.9 Å². The molecule has 4 heterocycles. The van der Waals surface area contributed by atoms with E-state index in [1.807, 2.05) is 43.6 Å². The Balaban J connectivity index is 0.000000189. The lowest BCUT2D eigenvalue weighted by Crippen LogP contribution is -2.35. The molecule has 1 aliphatic heterocycles. The highest BCUT2D eigenvalue weighted by Gasteiger charge is 2.42. The zero-order chi connectivity index (χ0) is 19.8. The number of pyridine rings is 2. The molecule has 0 radical (unpaired) electrons. The minimum absolute atomic E-state index is 0.178. The second-order valence-corrected chi connectivity index (χ2v) is 8.13. The largest absolute Gasteiger partial charge is 0.507 e. The lowest BCUT2D eigenvalue weighted by molar-refractivity contribution is 0.385. The second-order valence-electron chi connectivity index (χ2n) is 8.13. The average molecular weight is 387 g/mol. The first kappa shape index (κ1) is 18.1. The van der Waals surface area contributed by atoms with Crippen molar-refractivity contribution in [1.29, 1.82) is 0 Å². The Morgan fingerprint density at radius 1 is 1.03 bits per heavy atom. The predicted octanol–water partition coefficient (Wildman–Crippen LogP) is 4.18. The number of aromatic nitrogens is 4. The van der Waals surface area contributed by atoms with Crippen molar-refractivity contribution in [3.8, 4) is 17.0 Å². The summed E-state index contributed by atoms with van der Waals surface area (Å²) in [6.07, 6.45) is 10.9. The smallest absolute Gasteiger partial charge is 0.127 e. The van der Waals surface area contributed by atoms with Gasteiger partial charge >= 0.3 is 0 Å². The molecule has 6 nitrogen and oxygen atoms in total. The highest BCUT2D eigenvalue weighted by Crippen LogP contribution is 2.41. The minimum Gasteiger partial charge on any atom is -0.507 e. The van der Waals surface area contributed by atoms with Crippen molar-refractivity contribution in [2.45, 2.75) is 37.6 Å². The SMILES string of the molecule is C1CCC2(CC2)NC1.Cn1cc2cc(-c3ccc4ncccc4n3)c(O)cc2n1. The fraction of sp³-hybridized carbons (Fsp3) is 0.348. The second kappa shape index (κ2) is 7.12. The van der Waals surface area contributed by atoms with Crippen LogP contribution in [0, 0.1) is 0 Å². The van der Waals surface area contributed by atoms with Crippen LogP contribution in [0.1, 0.15) is 32.1 Å². The first-order valence-corrected chi connectivity index (χ1v) is 10.3. The van der Waals surface area contributed by atoms with Crippen LogP contribution < -0.4 is 5.32 Å². The summed E-state index contributed by atoms with van der Waals surface area (Å²) in [7, 11) is 1.86. The number of hydrogen-bond donors (Lipinski definition) is 2. The lowest BCUT2D eigenvalue weighted by Gasteiger charge is -2.22. The Bertz CT molecular complexity index is 1170. The average Bonchev–Trinajstić information content (AvgIpc) is 3.38. The molecule has 1 saturated carbocycles. The van der Waals surface area contributed by atoms with Crippen molar-refractivity contribution < 1.29 is 5.11 Å². The molecule has 1 spiro atoms. The third kappa shape index (κ3) is 3.68. The van der Waals surface area contributed by atoms with Crippen LogP contribution in [0.4, 0.5) is 0 Å². The van der Waals surface area contributed by atoms with E-state index in [-0.39, 0.29) is 5.75 Å². The molecule has 4 aromatic rings. The normalized spacial score (nSPS) is 17.3. The number of benzene rings is 1. The predicted molar refractivity (Wildman–Crippen MR) is 115 cm³/mol. The zero-order valence-electron chi connectivity index (χ0n) is 16.6. The number of nitrogens with zero attached hydrogens (tertiary/aromatic N) is 4. The monoisotopic (exact) mass is 387 g/mol. The third-order valence-electron chi connectivity index (χ3n) is 5.90. The van der Waals surface area contributed by atoms with E-state index in [0.717, 1.165) is 27.6 Å². The van der Waals surface area contributed by atoms with Gasteiger partial charge in [-0.15, -0.1) is 0 Å². The van der Waals surface area contributed by atoms with Gasteiger partial charge in [0.2, 0.25) is 0 Å². The molecule has 1 aliphatic carbocycles. The van der Waals surface area contributed by atoms with Crippen molar-refractivity contribution >= 4 is 21.9 Å². The summed E-state index contributed by atoms with van der Waals surface area (Å²) in [4.78, 5) is 8.82. The molecule has 0 amide bonds. The van der Waals surface area contributed by atoms with Crippen LogP contribution in [-0.4, -0.2) is 36.9 Å². The standard InChI is InChI=1S/C16H12N4O.C7H13N/c1-20-9-10-7-11(16(21)8-15(10)19-20)12-4-5-13-14(18-12)3-2-6-17-13;1-2-6-8-7(3-1)4-5-7/h2-9,21H,1H3;8H,1-6H2. The maximum Gasteiger partial charge on any atom is 0.127 e. The summed E-state index contributed by atoms with van der Waals surface area (Å²) in [5.41, 5.74) is 4.50. The lowest BCUT2D eigenvalue weighted by atomic mass is 10.0. The fourth-order valence-electron chi connectivity index (χ4n) is 4.10. The Morgan fingerprint density at radius 3 is 2.69 bits per heavy atom. The van der Waals surface area contributed by atoms with E-state index < -0.39 is 0 Å². The van der Waals surface area contributed by atoms with E-state index in [0.29, 0.717) is 11.1 Å². The van der Waals surface area contributed by atoms with Gasteiger partial charge in [0, 0.05) is 42.0 Å². The van der Waals surface area contributed by atoms with Crippen molar-refractivity contribution in [3.63, 3.8) is 0 Å². The molecule has 3 aromatic heterocycles. The van der Waals surface area contributed by atoms with Crippen LogP contribution in [0.2, 0.25) is 0 Å². The Kier molecular flexibility index (Phi) is 4.43. The van der Waals surface area contributed by atoms with Gasteiger partial charge in [-0.3, -0.25) is 9.67 Å². The fourth-order valence-corrected chi connectivity index (χ4v) is 4.10. The van der Waals surface area contributed by atoms with E-state index in [2.05, 4.69) is 20.4 Å². The van der Waals surface area contributed by atoms with E-state index >= 15 is 0 Å². The molecule has 0 atom stereocenters. The number of aromatic hydroxyl groups is 1. The van der Waals surface area contributed by atoms with Gasteiger partial charge in [0.25, 0.3) is 0 Å². The van der Waals surface area contributed by atoms with Crippen LogP contribution in [0.15, 0.2) is 48.8 Å². The van der Waals surface area contributed by atoms with Gasteiger partial charge < -0.3 is 10.4 Å². The summed E-state index contributed by atoms with van der Waals surface area (Å²) in [6, 6.07) is 11.1. The van der Waals surface area contributed by atoms with E-state index in [1.54, 1.807) is 16.9 Å². The molecule has 2 aliphatic rings. The number of nitrogens with one attached hydrogen (secondary N) is 1. The Morgan fingerprint density at radius 2 is 1.93 bits per heavy atom. The third-order valence-corrected chi connectivity index (χ3v) is 5.90. The van der Waals surface area contributed by atoms with Gasteiger partial charge in [-0.25, -0.2) is 4.98 Å². The van der Waals surface area contributed by atoms with Gasteiger partial charge in [-0.05, 0) is 62.6 Å². The van der Waals surface area contributed by atoms with Crippen LogP contribution in [0.25, 0.3) is 33.2 Å². The highest BCUT2D eigenvalue weighted by molar-refractivity contribution is 5.88. The number of fused-ring (bicyclic) bond motifs is 2. The number of phenolic OH excluding ortho intramolecular Hbond substituents is 1. The summed E-state index contributed by atoms with van der Waals surface area (Å²) in [5, 5.41) is 19.1. The molecule has 0 unspecified atom stereocenters. The van der Waals surface area contributed by atoms with Gasteiger partial charge in [-0.1, -0.05) is 6.42 Å². The summed E-state index contributed by atoms with van der Waals surface area (Å²) in [5.74, 6) is 0.178. The molecular formula is C23H25N5O. The number of rotatable bonds is 1. The maximum atomic E-state index is 10.2. The minimum atomic E-state index is 0.178. The number of hydrogen-bond acceptors (Lipinski definition) is 5. The molecular weight excluding hydrogens is 362 g/mol. The zero-order valence-corrected chi connectivity index (χ0v) is 16.6. The van der Waals surface area contributed by atoms with Gasteiger partial charge in [0.05, 0.1) is 22.2 Å². The van der Waals surface area contributed by atoms with Crippen LogP contribution in [-0.2, 0) is 7.05 Å². The summed E-state index contributed by atoms with van der Waals surface area (Å²) in [6.45, 7) is 1.28. The van der Waals surface area contributed by atoms with E-state index in [1.165, 1.54) is 38.6 Å². The molecule has 1 aromatic carbocycles. The first-order chi connectivity index (χ1) is 14.1. The van der Waals surface area contributed by atoms with Crippen molar-refractivity contribution in [3.05, 3.63) is 48.8 Å². The molecule has 29 heavy (non-hydrogen) atoms. The van der Waals surface area contributed by atoms with Crippen LogP contribution >= 0.6 is 0 Å². The van der Waals surface area contributed by atoms with Crippen molar-refractivity contribution in [2.75, 3.05) is 6.54 Å². The van der Waals surface area contributed by atoms with E-state index in [4.69, 9.17) is 0 Å². The molecule has 1 saturated heterocycles. The molecule has 6 heteroatoms. The van der Waals surface area contributed by atoms with Gasteiger partial charge in [0.1, 0.15) is 5.75 Å².